The minimum Gasteiger partial charge on any atom is -0.389 e. The zero-order valence-corrected chi connectivity index (χ0v) is 12.0. The highest BCUT2D eigenvalue weighted by Crippen LogP contribution is 2.19. The van der Waals surface area contributed by atoms with Crippen molar-refractivity contribution in [2.45, 2.75) is 19.5 Å². The molecule has 5 heteroatoms. The Balaban J connectivity index is 2.14. The first kappa shape index (κ1) is 13.8. The fraction of sp³-hybridized carbons (Fsp3) is 0.462. The Morgan fingerprint density at radius 1 is 1.61 bits per heavy atom. The summed E-state index contributed by atoms with van der Waals surface area (Å²) in [6.45, 7) is 4.13. The van der Waals surface area contributed by atoms with Gasteiger partial charge < -0.3 is 5.73 Å². The Hall–Kier alpha value is -0.650. The van der Waals surface area contributed by atoms with Crippen molar-refractivity contribution in [2.24, 2.45) is 5.73 Å². The summed E-state index contributed by atoms with van der Waals surface area (Å²) in [7, 11) is 0. The van der Waals surface area contributed by atoms with Crippen LogP contribution in [0.5, 0.6) is 0 Å². The topological polar surface area (TPSA) is 29.3 Å². The number of thiocarbonyl (C=S) groups is 1. The molecule has 1 aromatic rings. The first-order valence-corrected chi connectivity index (χ1v) is 7.54. The SMILES string of the molecule is CC1CSCCN1Cc1ccc(F)c(C(N)=S)c1. The fourth-order valence-electron chi connectivity index (χ4n) is 2.09. The molecule has 1 unspecified atom stereocenters. The van der Waals surface area contributed by atoms with Crippen LogP contribution < -0.4 is 5.73 Å². The lowest BCUT2D eigenvalue weighted by atomic mass is 10.1. The van der Waals surface area contributed by atoms with Gasteiger partial charge in [-0.3, -0.25) is 4.90 Å². The molecule has 1 atom stereocenters. The van der Waals surface area contributed by atoms with Crippen molar-refractivity contribution in [1.29, 1.82) is 0 Å². The molecule has 0 amide bonds. The molecule has 0 aromatic heterocycles. The predicted molar refractivity (Wildman–Crippen MR) is 79.5 cm³/mol. The van der Waals surface area contributed by atoms with Crippen molar-refractivity contribution in [1.82, 2.24) is 4.90 Å². The minimum atomic E-state index is -0.339. The standard InChI is InChI=1S/C13H17FN2S2/c1-9-8-18-5-4-16(9)7-10-2-3-12(14)11(6-10)13(15)17/h2-3,6,9H,4-5,7-8H2,1H3,(H2,15,17). The second-order valence-corrected chi connectivity index (χ2v) is 6.16. The van der Waals surface area contributed by atoms with E-state index in [2.05, 4.69) is 11.8 Å². The van der Waals surface area contributed by atoms with Crippen LogP contribution in [-0.2, 0) is 6.54 Å². The van der Waals surface area contributed by atoms with E-state index in [1.807, 2.05) is 17.8 Å². The van der Waals surface area contributed by atoms with Gasteiger partial charge in [0.1, 0.15) is 10.8 Å². The molecule has 98 valence electrons. The van der Waals surface area contributed by atoms with E-state index < -0.39 is 0 Å². The molecule has 1 fully saturated rings. The van der Waals surface area contributed by atoms with Gasteiger partial charge in [-0.1, -0.05) is 18.3 Å². The average molecular weight is 284 g/mol. The highest BCUT2D eigenvalue weighted by atomic mass is 32.2. The summed E-state index contributed by atoms with van der Waals surface area (Å²) in [6, 6.07) is 5.59. The molecule has 0 aliphatic carbocycles. The van der Waals surface area contributed by atoms with Crippen LogP contribution in [0.2, 0.25) is 0 Å². The number of benzene rings is 1. The monoisotopic (exact) mass is 284 g/mol. The second kappa shape index (κ2) is 5.99. The van der Waals surface area contributed by atoms with Gasteiger partial charge in [0, 0.05) is 36.2 Å². The Kier molecular flexibility index (Phi) is 4.59. The fourth-order valence-corrected chi connectivity index (χ4v) is 3.33. The van der Waals surface area contributed by atoms with Crippen molar-refractivity contribution >= 4 is 29.0 Å². The second-order valence-electron chi connectivity index (χ2n) is 4.57. The smallest absolute Gasteiger partial charge is 0.133 e. The largest absolute Gasteiger partial charge is 0.389 e. The van der Waals surface area contributed by atoms with Gasteiger partial charge in [0.25, 0.3) is 0 Å². The van der Waals surface area contributed by atoms with E-state index in [1.54, 1.807) is 6.07 Å². The van der Waals surface area contributed by atoms with Gasteiger partial charge >= 0.3 is 0 Å². The molecule has 1 aliphatic heterocycles. The Morgan fingerprint density at radius 2 is 2.39 bits per heavy atom. The number of hydrogen-bond acceptors (Lipinski definition) is 3. The van der Waals surface area contributed by atoms with E-state index in [-0.39, 0.29) is 10.8 Å². The van der Waals surface area contributed by atoms with E-state index in [0.29, 0.717) is 11.6 Å². The molecule has 0 bridgehead atoms. The molecule has 0 radical (unpaired) electrons. The third-order valence-corrected chi connectivity index (χ3v) is 4.60. The summed E-state index contributed by atoms with van der Waals surface area (Å²) < 4.78 is 13.5. The highest BCUT2D eigenvalue weighted by Gasteiger charge is 2.19. The van der Waals surface area contributed by atoms with E-state index in [9.17, 15) is 4.39 Å². The van der Waals surface area contributed by atoms with Crippen LogP contribution in [0.3, 0.4) is 0 Å². The van der Waals surface area contributed by atoms with Gasteiger partial charge in [-0.05, 0) is 24.6 Å². The van der Waals surface area contributed by atoms with Gasteiger partial charge in [0.2, 0.25) is 0 Å². The van der Waals surface area contributed by atoms with Crippen molar-refractivity contribution in [2.75, 3.05) is 18.1 Å². The van der Waals surface area contributed by atoms with Gasteiger partial charge in [-0.15, -0.1) is 0 Å². The van der Waals surface area contributed by atoms with Gasteiger partial charge in [0.05, 0.1) is 0 Å². The van der Waals surface area contributed by atoms with Crippen molar-refractivity contribution in [3.63, 3.8) is 0 Å². The number of thioether (sulfide) groups is 1. The quantitative estimate of drug-likeness (QED) is 0.863. The first-order valence-electron chi connectivity index (χ1n) is 5.98. The maximum Gasteiger partial charge on any atom is 0.133 e. The van der Waals surface area contributed by atoms with Gasteiger partial charge in [-0.25, -0.2) is 4.39 Å². The Labute approximate surface area is 117 Å². The number of halogens is 1. The van der Waals surface area contributed by atoms with Crippen molar-refractivity contribution in [3.05, 3.63) is 35.1 Å². The van der Waals surface area contributed by atoms with E-state index >= 15 is 0 Å². The van der Waals surface area contributed by atoms with Crippen LogP contribution in [0.25, 0.3) is 0 Å². The molecular formula is C13H17FN2S2. The van der Waals surface area contributed by atoms with Crippen LogP contribution in [0.15, 0.2) is 18.2 Å². The number of nitrogens with two attached hydrogens (primary N) is 1. The third kappa shape index (κ3) is 3.22. The molecule has 1 aliphatic rings. The summed E-state index contributed by atoms with van der Waals surface area (Å²) in [4.78, 5) is 2.53. The van der Waals surface area contributed by atoms with Crippen molar-refractivity contribution in [3.8, 4) is 0 Å². The molecule has 0 spiro atoms. The maximum absolute atomic E-state index is 13.5. The van der Waals surface area contributed by atoms with E-state index in [0.717, 1.165) is 30.2 Å². The maximum atomic E-state index is 13.5. The number of rotatable bonds is 3. The molecule has 0 saturated carbocycles. The molecule has 18 heavy (non-hydrogen) atoms. The zero-order valence-electron chi connectivity index (χ0n) is 10.4. The molecule has 2 rings (SSSR count). The predicted octanol–water partition coefficient (Wildman–Crippen LogP) is 2.40. The number of nitrogens with zero attached hydrogens (tertiary/aromatic N) is 1. The first-order chi connectivity index (χ1) is 8.58. The minimum absolute atomic E-state index is 0.122. The normalized spacial score (nSPS) is 20.9. The summed E-state index contributed by atoms with van der Waals surface area (Å²) >= 11 is 6.84. The molecule has 1 heterocycles. The van der Waals surface area contributed by atoms with E-state index in [1.165, 1.54) is 6.07 Å². The molecule has 2 nitrogen and oxygen atoms in total. The van der Waals surface area contributed by atoms with E-state index in [4.69, 9.17) is 18.0 Å². The third-order valence-electron chi connectivity index (χ3n) is 3.19. The van der Waals surface area contributed by atoms with Crippen LogP contribution in [0.4, 0.5) is 4.39 Å². The lowest BCUT2D eigenvalue weighted by Gasteiger charge is -2.33. The summed E-state index contributed by atoms with van der Waals surface area (Å²) in [5.74, 6) is 1.98. The van der Waals surface area contributed by atoms with Gasteiger partial charge in [0.15, 0.2) is 0 Å². The molecular weight excluding hydrogens is 267 g/mol. The summed E-state index contributed by atoms with van der Waals surface area (Å²) in [6.07, 6.45) is 0. The van der Waals surface area contributed by atoms with Crippen LogP contribution in [0.1, 0.15) is 18.1 Å². The van der Waals surface area contributed by atoms with Crippen molar-refractivity contribution < 1.29 is 4.39 Å². The Morgan fingerprint density at radius 3 is 3.06 bits per heavy atom. The van der Waals surface area contributed by atoms with Gasteiger partial charge in [-0.2, -0.15) is 11.8 Å². The zero-order chi connectivity index (χ0) is 13.1. The summed E-state index contributed by atoms with van der Waals surface area (Å²) in [5.41, 5.74) is 6.93. The van der Waals surface area contributed by atoms with Crippen LogP contribution >= 0.6 is 24.0 Å². The highest BCUT2D eigenvalue weighted by molar-refractivity contribution is 7.99. The van der Waals surface area contributed by atoms with Crippen LogP contribution in [-0.4, -0.2) is 34.0 Å². The number of hydrogen-bond donors (Lipinski definition) is 1. The lowest BCUT2D eigenvalue weighted by Crippen LogP contribution is -2.39. The Bertz CT molecular complexity index is 451. The average Bonchev–Trinajstić information content (AvgIpc) is 2.34. The molecule has 1 aromatic carbocycles. The summed E-state index contributed by atoms with van der Waals surface area (Å²) in [5, 5.41) is 0. The van der Waals surface area contributed by atoms with Crippen LogP contribution in [0, 0.1) is 5.82 Å². The lowest BCUT2D eigenvalue weighted by molar-refractivity contribution is 0.224. The molecule has 1 saturated heterocycles. The molecule has 2 N–H and O–H groups in total.